The number of fused-ring (bicyclic) bond motifs is 1. The van der Waals surface area contributed by atoms with E-state index in [0.29, 0.717) is 12.2 Å². The summed E-state index contributed by atoms with van der Waals surface area (Å²) in [5.74, 6) is -0.277. The third-order valence-corrected chi connectivity index (χ3v) is 2.31. The number of esters is 1. The van der Waals surface area contributed by atoms with Gasteiger partial charge in [0.25, 0.3) is 0 Å². The van der Waals surface area contributed by atoms with Gasteiger partial charge in [-0.15, -0.1) is 0 Å². The minimum atomic E-state index is -0.277. The molecule has 0 unspecified atom stereocenters. The molecule has 1 aromatic carbocycles. The fourth-order valence-corrected chi connectivity index (χ4v) is 1.55. The standard InChI is InChI=1S/C13H13NO2/c1-2-9-16-13(15)11-7-8-14-12-6-4-3-5-10(11)12/h3-8H,2,9H2,1H3. The molecule has 16 heavy (non-hydrogen) atoms. The Labute approximate surface area is 94.1 Å². The third kappa shape index (κ3) is 2.03. The number of hydrogen-bond acceptors (Lipinski definition) is 3. The maximum Gasteiger partial charge on any atom is 0.338 e. The lowest BCUT2D eigenvalue weighted by Gasteiger charge is -2.05. The Morgan fingerprint density at radius 2 is 2.12 bits per heavy atom. The van der Waals surface area contributed by atoms with E-state index in [1.54, 1.807) is 12.3 Å². The van der Waals surface area contributed by atoms with Crippen LogP contribution in [0.2, 0.25) is 0 Å². The molecule has 1 heterocycles. The number of aromatic nitrogens is 1. The average Bonchev–Trinajstić information content (AvgIpc) is 2.35. The van der Waals surface area contributed by atoms with E-state index >= 15 is 0 Å². The summed E-state index contributed by atoms with van der Waals surface area (Å²) in [4.78, 5) is 16.0. The lowest BCUT2D eigenvalue weighted by Crippen LogP contribution is -2.06. The Morgan fingerprint density at radius 1 is 1.31 bits per heavy atom. The van der Waals surface area contributed by atoms with Crippen molar-refractivity contribution in [3.8, 4) is 0 Å². The van der Waals surface area contributed by atoms with Crippen molar-refractivity contribution in [2.45, 2.75) is 13.3 Å². The zero-order valence-electron chi connectivity index (χ0n) is 9.14. The molecule has 0 saturated carbocycles. The molecule has 0 spiro atoms. The van der Waals surface area contributed by atoms with E-state index in [4.69, 9.17) is 4.74 Å². The second-order valence-electron chi connectivity index (χ2n) is 3.51. The molecule has 0 aliphatic rings. The first-order chi connectivity index (χ1) is 7.83. The Kier molecular flexibility index (Phi) is 3.15. The summed E-state index contributed by atoms with van der Waals surface area (Å²) in [5, 5.41) is 0.839. The second-order valence-corrected chi connectivity index (χ2v) is 3.51. The number of para-hydroxylation sites is 1. The van der Waals surface area contributed by atoms with E-state index in [1.807, 2.05) is 31.2 Å². The lowest BCUT2D eigenvalue weighted by atomic mass is 10.1. The fourth-order valence-electron chi connectivity index (χ4n) is 1.55. The topological polar surface area (TPSA) is 39.2 Å². The molecule has 2 aromatic rings. The van der Waals surface area contributed by atoms with Gasteiger partial charge in [0.2, 0.25) is 0 Å². The van der Waals surface area contributed by atoms with E-state index in [2.05, 4.69) is 4.98 Å². The molecule has 3 heteroatoms. The zero-order valence-corrected chi connectivity index (χ0v) is 9.14. The Morgan fingerprint density at radius 3 is 2.94 bits per heavy atom. The smallest absolute Gasteiger partial charge is 0.338 e. The Hall–Kier alpha value is -1.90. The van der Waals surface area contributed by atoms with Gasteiger partial charge in [-0.05, 0) is 18.6 Å². The van der Waals surface area contributed by atoms with Crippen molar-refractivity contribution in [1.29, 1.82) is 0 Å². The highest BCUT2D eigenvalue weighted by molar-refractivity contribution is 6.03. The summed E-state index contributed by atoms with van der Waals surface area (Å²) >= 11 is 0. The number of carbonyl (C=O) groups excluding carboxylic acids is 1. The first-order valence-electron chi connectivity index (χ1n) is 5.34. The van der Waals surface area contributed by atoms with Crippen molar-refractivity contribution in [3.63, 3.8) is 0 Å². The van der Waals surface area contributed by atoms with Crippen LogP contribution in [-0.4, -0.2) is 17.6 Å². The Bertz CT molecular complexity index is 503. The van der Waals surface area contributed by atoms with Crippen LogP contribution >= 0.6 is 0 Å². The van der Waals surface area contributed by atoms with Gasteiger partial charge in [-0.3, -0.25) is 4.98 Å². The van der Waals surface area contributed by atoms with Crippen molar-refractivity contribution in [1.82, 2.24) is 4.98 Å². The van der Waals surface area contributed by atoms with Crippen molar-refractivity contribution in [2.75, 3.05) is 6.61 Å². The highest BCUT2D eigenvalue weighted by atomic mass is 16.5. The van der Waals surface area contributed by atoms with Crippen LogP contribution < -0.4 is 0 Å². The summed E-state index contributed by atoms with van der Waals surface area (Å²) in [6.45, 7) is 2.42. The predicted molar refractivity (Wildman–Crippen MR) is 62.3 cm³/mol. The quantitative estimate of drug-likeness (QED) is 0.739. The summed E-state index contributed by atoms with van der Waals surface area (Å²) in [7, 11) is 0. The number of rotatable bonds is 3. The molecule has 0 radical (unpaired) electrons. The minimum absolute atomic E-state index is 0.277. The van der Waals surface area contributed by atoms with Crippen LogP contribution in [0.3, 0.4) is 0 Å². The van der Waals surface area contributed by atoms with Crippen LogP contribution in [0.25, 0.3) is 10.9 Å². The first kappa shape index (κ1) is 10.6. The molecule has 82 valence electrons. The zero-order chi connectivity index (χ0) is 11.4. The molecule has 2 rings (SSSR count). The van der Waals surface area contributed by atoms with Crippen LogP contribution in [0, 0.1) is 0 Å². The van der Waals surface area contributed by atoms with Gasteiger partial charge in [0.05, 0.1) is 17.7 Å². The van der Waals surface area contributed by atoms with E-state index in [1.165, 1.54) is 0 Å². The number of benzene rings is 1. The number of hydrogen-bond donors (Lipinski definition) is 0. The SMILES string of the molecule is CCCOC(=O)c1ccnc2ccccc12. The van der Waals surface area contributed by atoms with Crippen LogP contribution in [0.1, 0.15) is 23.7 Å². The van der Waals surface area contributed by atoms with Crippen molar-refractivity contribution < 1.29 is 9.53 Å². The molecule has 3 nitrogen and oxygen atoms in total. The molecule has 0 bridgehead atoms. The normalized spacial score (nSPS) is 10.3. The van der Waals surface area contributed by atoms with Gasteiger partial charge in [-0.2, -0.15) is 0 Å². The van der Waals surface area contributed by atoms with Crippen molar-refractivity contribution >= 4 is 16.9 Å². The van der Waals surface area contributed by atoms with E-state index in [9.17, 15) is 4.79 Å². The third-order valence-electron chi connectivity index (χ3n) is 2.31. The molecule has 0 aliphatic carbocycles. The highest BCUT2D eigenvalue weighted by Gasteiger charge is 2.10. The van der Waals surface area contributed by atoms with Crippen molar-refractivity contribution in [3.05, 3.63) is 42.1 Å². The maximum absolute atomic E-state index is 11.8. The molecule has 0 amide bonds. The second kappa shape index (κ2) is 4.75. The van der Waals surface area contributed by atoms with Gasteiger partial charge in [-0.25, -0.2) is 4.79 Å². The van der Waals surface area contributed by atoms with Crippen LogP contribution in [0.5, 0.6) is 0 Å². The van der Waals surface area contributed by atoms with Gasteiger partial charge in [0.15, 0.2) is 0 Å². The number of ether oxygens (including phenoxy) is 1. The summed E-state index contributed by atoms with van der Waals surface area (Å²) in [6.07, 6.45) is 2.46. The van der Waals surface area contributed by atoms with E-state index in [0.717, 1.165) is 17.3 Å². The molecule has 0 saturated heterocycles. The van der Waals surface area contributed by atoms with Gasteiger partial charge < -0.3 is 4.74 Å². The van der Waals surface area contributed by atoms with Gasteiger partial charge >= 0.3 is 5.97 Å². The van der Waals surface area contributed by atoms with Crippen molar-refractivity contribution in [2.24, 2.45) is 0 Å². The molecule has 1 aromatic heterocycles. The summed E-state index contributed by atoms with van der Waals surface area (Å²) in [6, 6.07) is 9.24. The summed E-state index contributed by atoms with van der Waals surface area (Å²) < 4.78 is 5.12. The summed E-state index contributed by atoms with van der Waals surface area (Å²) in [5.41, 5.74) is 1.40. The Balaban J connectivity index is 2.40. The number of nitrogens with zero attached hydrogens (tertiary/aromatic N) is 1. The largest absolute Gasteiger partial charge is 0.462 e. The molecular formula is C13H13NO2. The van der Waals surface area contributed by atoms with Gasteiger partial charge in [0, 0.05) is 11.6 Å². The molecule has 0 aliphatic heterocycles. The molecule has 0 N–H and O–H groups in total. The van der Waals surface area contributed by atoms with Crippen LogP contribution in [0.15, 0.2) is 36.5 Å². The lowest BCUT2D eigenvalue weighted by molar-refractivity contribution is 0.0507. The maximum atomic E-state index is 11.8. The van der Waals surface area contributed by atoms with E-state index < -0.39 is 0 Å². The number of carbonyl (C=O) groups is 1. The number of pyridine rings is 1. The van der Waals surface area contributed by atoms with Crippen LogP contribution in [-0.2, 0) is 4.74 Å². The van der Waals surface area contributed by atoms with E-state index in [-0.39, 0.29) is 5.97 Å². The molecule has 0 fully saturated rings. The average molecular weight is 215 g/mol. The molecular weight excluding hydrogens is 202 g/mol. The van der Waals surface area contributed by atoms with Crippen LogP contribution in [0.4, 0.5) is 0 Å². The van der Waals surface area contributed by atoms with Gasteiger partial charge in [0.1, 0.15) is 0 Å². The monoisotopic (exact) mass is 215 g/mol. The predicted octanol–water partition coefficient (Wildman–Crippen LogP) is 2.80. The first-order valence-corrected chi connectivity index (χ1v) is 5.34. The minimum Gasteiger partial charge on any atom is -0.462 e. The highest BCUT2D eigenvalue weighted by Crippen LogP contribution is 2.16. The fraction of sp³-hybridized carbons (Fsp3) is 0.231. The molecule has 0 atom stereocenters. The van der Waals surface area contributed by atoms with Gasteiger partial charge in [-0.1, -0.05) is 25.1 Å².